The van der Waals surface area contributed by atoms with Crippen LogP contribution in [0.15, 0.2) is 59.5 Å². The largest absolute Gasteiger partial charge is 0.338 e. The minimum Gasteiger partial charge on any atom is -0.338 e. The Labute approximate surface area is 171 Å². The fourth-order valence-electron chi connectivity index (χ4n) is 3.35. The lowest BCUT2D eigenvalue weighted by Gasteiger charge is -2.20. The van der Waals surface area contributed by atoms with E-state index in [1.165, 1.54) is 43.3 Å². The Kier molecular flexibility index (Phi) is 6.11. The Hall–Kier alpha value is -2.23. The summed E-state index contributed by atoms with van der Waals surface area (Å²) in [6.45, 7) is 0.428. The van der Waals surface area contributed by atoms with Crippen LogP contribution in [0.4, 0.5) is 0 Å². The lowest BCUT2D eigenvalue weighted by atomic mass is 10.1. The van der Waals surface area contributed by atoms with Gasteiger partial charge in [-0.15, -0.1) is 0 Å². The third-order valence-electron chi connectivity index (χ3n) is 5.08. The van der Waals surface area contributed by atoms with Crippen LogP contribution in [0, 0.1) is 0 Å². The third-order valence-corrected chi connectivity index (χ3v) is 9.03. The van der Waals surface area contributed by atoms with Crippen LogP contribution < -0.4 is 0 Å². The molecule has 29 heavy (non-hydrogen) atoms. The first-order chi connectivity index (χ1) is 13.6. The van der Waals surface area contributed by atoms with Gasteiger partial charge in [-0.2, -0.15) is 0 Å². The highest BCUT2D eigenvalue weighted by molar-refractivity contribution is 7.91. The molecule has 1 aliphatic heterocycles. The number of sulfone groups is 1. The lowest BCUT2D eigenvalue weighted by Crippen LogP contribution is -2.33. The van der Waals surface area contributed by atoms with Gasteiger partial charge in [-0.25, -0.2) is 21.1 Å². The van der Waals surface area contributed by atoms with Crippen LogP contribution in [0.2, 0.25) is 0 Å². The maximum absolute atomic E-state index is 12.9. The van der Waals surface area contributed by atoms with Crippen molar-refractivity contribution in [2.75, 3.05) is 32.9 Å². The predicted molar refractivity (Wildman–Crippen MR) is 111 cm³/mol. The van der Waals surface area contributed by atoms with Gasteiger partial charge in [0.25, 0.3) is 5.91 Å². The molecule has 0 radical (unpaired) electrons. The van der Waals surface area contributed by atoms with Gasteiger partial charge in [-0.1, -0.05) is 30.3 Å². The molecule has 0 aliphatic carbocycles. The zero-order chi connectivity index (χ0) is 21.2. The van der Waals surface area contributed by atoms with Gasteiger partial charge in [-0.3, -0.25) is 4.79 Å². The Morgan fingerprint density at radius 1 is 1.00 bits per heavy atom. The SMILES string of the molecule is CN(C)S(=O)(=O)c1ccc(C(=O)N2CCC(c3ccccc3)S(=O)(=O)CC2)cc1. The number of benzene rings is 2. The summed E-state index contributed by atoms with van der Waals surface area (Å²) in [6.07, 6.45) is 0.325. The average Bonchev–Trinajstić information content (AvgIpc) is 2.86. The molecule has 0 saturated carbocycles. The molecule has 1 saturated heterocycles. The molecule has 9 heteroatoms. The monoisotopic (exact) mass is 436 g/mol. The van der Waals surface area contributed by atoms with Gasteiger partial charge in [0.15, 0.2) is 9.84 Å². The van der Waals surface area contributed by atoms with E-state index >= 15 is 0 Å². The van der Waals surface area contributed by atoms with Crippen molar-refractivity contribution in [2.24, 2.45) is 0 Å². The molecule has 0 aromatic heterocycles. The van der Waals surface area contributed by atoms with Crippen LogP contribution in [0.3, 0.4) is 0 Å². The van der Waals surface area contributed by atoms with Gasteiger partial charge in [-0.05, 0) is 36.2 Å². The fourth-order valence-corrected chi connectivity index (χ4v) is 6.05. The summed E-state index contributed by atoms with van der Waals surface area (Å²) in [7, 11) is -4.07. The number of carbonyl (C=O) groups is 1. The first-order valence-corrected chi connectivity index (χ1v) is 12.4. The molecule has 1 fully saturated rings. The van der Waals surface area contributed by atoms with Gasteiger partial charge in [0.2, 0.25) is 10.0 Å². The van der Waals surface area contributed by atoms with E-state index in [4.69, 9.17) is 0 Å². The predicted octanol–water partition coefficient (Wildman–Crippen LogP) is 1.94. The van der Waals surface area contributed by atoms with Crippen molar-refractivity contribution < 1.29 is 21.6 Å². The number of hydrogen-bond acceptors (Lipinski definition) is 5. The van der Waals surface area contributed by atoms with Gasteiger partial charge >= 0.3 is 0 Å². The third kappa shape index (κ3) is 4.52. The number of rotatable bonds is 4. The van der Waals surface area contributed by atoms with E-state index in [2.05, 4.69) is 0 Å². The van der Waals surface area contributed by atoms with Crippen LogP contribution in [-0.2, 0) is 19.9 Å². The van der Waals surface area contributed by atoms with Crippen molar-refractivity contribution in [3.05, 3.63) is 65.7 Å². The smallest absolute Gasteiger partial charge is 0.253 e. The maximum atomic E-state index is 12.9. The van der Waals surface area contributed by atoms with Crippen molar-refractivity contribution in [1.82, 2.24) is 9.21 Å². The van der Waals surface area contributed by atoms with Crippen molar-refractivity contribution in [2.45, 2.75) is 16.6 Å². The average molecular weight is 437 g/mol. The topological polar surface area (TPSA) is 91.8 Å². The molecule has 0 bridgehead atoms. The van der Waals surface area contributed by atoms with Crippen LogP contribution in [0.1, 0.15) is 27.6 Å². The number of sulfonamides is 1. The summed E-state index contributed by atoms with van der Waals surface area (Å²) < 4.78 is 50.9. The molecule has 1 aliphatic rings. The molecule has 1 atom stereocenters. The van der Waals surface area contributed by atoms with E-state index in [0.29, 0.717) is 18.5 Å². The number of amides is 1. The molecular formula is C20H24N2O5S2. The summed E-state index contributed by atoms with van der Waals surface area (Å²) in [5.74, 6) is -0.409. The van der Waals surface area contributed by atoms with E-state index in [0.717, 1.165) is 9.87 Å². The standard InChI is InChI=1S/C20H24N2O5S2/c1-21(2)29(26,27)18-10-8-17(9-11-18)20(23)22-13-12-19(28(24,25)15-14-22)16-6-4-3-5-7-16/h3-11,19H,12-15H2,1-2H3. The van der Waals surface area contributed by atoms with Crippen molar-refractivity contribution in [1.29, 1.82) is 0 Å². The highest BCUT2D eigenvalue weighted by Crippen LogP contribution is 2.29. The highest BCUT2D eigenvalue weighted by Gasteiger charge is 2.32. The fraction of sp³-hybridized carbons (Fsp3) is 0.350. The molecule has 1 amide bonds. The number of nitrogens with zero attached hydrogens (tertiary/aromatic N) is 2. The van der Waals surface area contributed by atoms with Crippen molar-refractivity contribution in [3.63, 3.8) is 0 Å². The summed E-state index contributed by atoms with van der Waals surface area (Å²) in [5, 5.41) is -0.630. The molecule has 2 aromatic rings. The Bertz CT molecular complexity index is 1080. The second-order valence-electron chi connectivity index (χ2n) is 7.16. The van der Waals surface area contributed by atoms with Crippen LogP contribution >= 0.6 is 0 Å². The number of hydrogen-bond donors (Lipinski definition) is 0. The minimum atomic E-state index is -3.57. The zero-order valence-electron chi connectivity index (χ0n) is 16.4. The molecule has 1 unspecified atom stereocenters. The van der Waals surface area contributed by atoms with Crippen LogP contribution in [-0.4, -0.2) is 64.9 Å². The number of carbonyl (C=O) groups excluding carboxylic acids is 1. The first kappa shape index (κ1) is 21.5. The quantitative estimate of drug-likeness (QED) is 0.730. The molecule has 0 N–H and O–H groups in total. The maximum Gasteiger partial charge on any atom is 0.253 e. The Balaban J connectivity index is 1.79. The second kappa shape index (κ2) is 8.25. The zero-order valence-corrected chi connectivity index (χ0v) is 18.0. The minimum absolute atomic E-state index is 0.0987. The molecule has 0 spiro atoms. The highest BCUT2D eigenvalue weighted by atomic mass is 32.2. The Morgan fingerprint density at radius 2 is 1.62 bits per heavy atom. The van der Waals surface area contributed by atoms with Gasteiger partial charge in [0.1, 0.15) is 0 Å². The first-order valence-electron chi connectivity index (χ1n) is 9.21. The Morgan fingerprint density at radius 3 is 2.21 bits per heavy atom. The van der Waals surface area contributed by atoms with E-state index in [1.807, 2.05) is 18.2 Å². The molecule has 2 aromatic carbocycles. The lowest BCUT2D eigenvalue weighted by molar-refractivity contribution is 0.0766. The van der Waals surface area contributed by atoms with Crippen molar-refractivity contribution >= 4 is 25.8 Å². The van der Waals surface area contributed by atoms with Crippen LogP contribution in [0.25, 0.3) is 0 Å². The van der Waals surface area contributed by atoms with E-state index in [1.54, 1.807) is 12.1 Å². The van der Waals surface area contributed by atoms with Gasteiger partial charge in [0, 0.05) is 32.7 Å². The summed E-state index contributed by atoms with van der Waals surface area (Å²) in [6, 6.07) is 14.8. The summed E-state index contributed by atoms with van der Waals surface area (Å²) >= 11 is 0. The van der Waals surface area contributed by atoms with E-state index in [-0.39, 0.29) is 23.1 Å². The molecule has 1 heterocycles. The molecule has 7 nitrogen and oxygen atoms in total. The normalized spacial score (nSPS) is 19.7. The van der Waals surface area contributed by atoms with Crippen LogP contribution in [0.5, 0.6) is 0 Å². The second-order valence-corrected chi connectivity index (χ2v) is 11.6. The van der Waals surface area contributed by atoms with E-state index in [9.17, 15) is 21.6 Å². The van der Waals surface area contributed by atoms with Gasteiger partial charge in [0.05, 0.1) is 15.9 Å². The summed E-state index contributed by atoms with van der Waals surface area (Å²) in [4.78, 5) is 14.5. The van der Waals surface area contributed by atoms with E-state index < -0.39 is 25.1 Å². The van der Waals surface area contributed by atoms with Crippen molar-refractivity contribution in [3.8, 4) is 0 Å². The van der Waals surface area contributed by atoms with Gasteiger partial charge < -0.3 is 4.90 Å². The molecule has 156 valence electrons. The molecular weight excluding hydrogens is 412 g/mol. The summed E-state index contributed by atoms with van der Waals surface area (Å²) in [5.41, 5.74) is 1.07. The molecule has 3 rings (SSSR count).